The molecule has 0 amide bonds. The lowest BCUT2D eigenvalue weighted by Crippen LogP contribution is -2.04. The molecule has 8 heteroatoms. The van der Waals surface area contributed by atoms with Crippen molar-refractivity contribution in [1.29, 1.82) is 0 Å². The fraction of sp³-hybridized carbons (Fsp3) is 0.231. The molecule has 0 aliphatic carbocycles. The lowest BCUT2D eigenvalue weighted by atomic mass is 10.3. The fourth-order valence-corrected chi connectivity index (χ4v) is 1.90. The van der Waals surface area contributed by atoms with Gasteiger partial charge in [-0.2, -0.15) is 4.98 Å². The zero-order chi connectivity index (χ0) is 15.2. The summed E-state index contributed by atoms with van der Waals surface area (Å²) in [5, 5.41) is 14.1. The van der Waals surface area contributed by atoms with E-state index < -0.39 is 4.92 Å². The highest BCUT2D eigenvalue weighted by molar-refractivity contribution is 9.10. The van der Waals surface area contributed by atoms with Crippen LogP contribution in [0.2, 0.25) is 0 Å². The number of nitrogens with one attached hydrogen (secondary N) is 1. The Bertz CT molecular complexity index is 651. The molecule has 0 unspecified atom stereocenters. The maximum atomic E-state index is 11.0. The minimum atomic E-state index is -0.530. The number of halogens is 1. The van der Waals surface area contributed by atoms with E-state index in [0.717, 1.165) is 13.0 Å². The summed E-state index contributed by atoms with van der Waals surface area (Å²) in [6.45, 7) is 2.74. The number of anilines is 1. The van der Waals surface area contributed by atoms with Crippen molar-refractivity contribution in [2.75, 3.05) is 11.9 Å². The normalized spacial score (nSPS) is 10.2. The van der Waals surface area contributed by atoms with Crippen LogP contribution in [0.4, 0.5) is 11.5 Å². The number of rotatable bonds is 6. The number of nitro groups is 1. The molecule has 0 saturated carbocycles. The molecule has 2 aromatic rings. The molecule has 0 spiro atoms. The van der Waals surface area contributed by atoms with Crippen molar-refractivity contribution in [2.24, 2.45) is 0 Å². The first kappa shape index (κ1) is 15.2. The average Bonchev–Trinajstić information content (AvgIpc) is 2.45. The average molecular weight is 353 g/mol. The van der Waals surface area contributed by atoms with Gasteiger partial charge in [0, 0.05) is 23.3 Å². The third-order valence-electron chi connectivity index (χ3n) is 2.49. The molecule has 0 radical (unpaired) electrons. The summed E-state index contributed by atoms with van der Waals surface area (Å²) in [5.41, 5.74) is -0.197. The van der Waals surface area contributed by atoms with Crippen LogP contribution in [0.5, 0.6) is 11.6 Å². The number of hydrogen-bond donors (Lipinski definition) is 1. The van der Waals surface area contributed by atoms with Crippen molar-refractivity contribution < 1.29 is 9.66 Å². The van der Waals surface area contributed by atoms with Crippen molar-refractivity contribution in [2.45, 2.75) is 13.3 Å². The highest BCUT2D eigenvalue weighted by atomic mass is 79.9. The Kier molecular flexibility index (Phi) is 5.04. The quantitative estimate of drug-likeness (QED) is 0.628. The smallest absolute Gasteiger partial charge is 0.331 e. The van der Waals surface area contributed by atoms with Crippen LogP contribution in [-0.4, -0.2) is 21.4 Å². The first-order valence-corrected chi connectivity index (χ1v) is 7.07. The molecule has 0 atom stereocenters. The molecular formula is C13H13BrN4O3. The van der Waals surface area contributed by atoms with Gasteiger partial charge in [-0.05, 0) is 34.5 Å². The summed E-state index contributed by atoms with van der Waals surface area (Å²) in [6.07, 6.45) is 3.97. The van der Waals surface area contributed by atoms with Crippen molar-refractivity contribution in [3.8, 4) is 11.6 Å². The Morgan fingerprint density at radius 3 is 2.90 bits per heavy atom. The van der Waals surface area contributed by atoms with E-state index in [-0.39, 0.29) is 11.6 Å². The predicted octanol–water partition coefficient (Wildman–Crippen LogP) is 3.76. The molecule has 7 nitrogen and oxygen atoms in total. The monoisotopic (exact) mass is 352 g/mol. The van der Waals surface area contributed by atoms with Crippen LogP contribution in [-0.2, 0) is 0 Å². The number of hydrogen-bond acceptors (Lipinski definition) is 6. The molecule has 0 saturated heterocycles. The summed E-state index contributed by atoms with van der Waals surface area (Å²) in [5.74, 6) is 0.828. The minimum absolute atomic E-state index is 0.0685. The zero-order valence-electron chi connectivity index (χ0n) is 11.2. The molecule has 110 valence electrons. The molecule has 21 heavy (non-hydrogen) atoms. The second kappa shape index (κ2) is 6.98. The molecule has 2 aromatic heterocycles. The largest absolute Gasteiger partial charge is 0.432 e. The van der Waals surface area contributed by atoms with Gasteiger partial charge in [-0.1, -0.05) is 6.92 Å². The third kappa shape index (κ3) is 4.12. The maximum absolute atomic E-state index is 11.0. The van der Waals surface area contributed by atoms with E-state index in [1.165, 1.54) is 12.3 Å². The summed E-state index contributed by atoms with van der Waals surface area (Å²) < 4.78 is 6.20. The van der Waals surface area contributed by atoms with E-state index >= 15 is 0 Å². The highest BCUT2D eigenvalue weighted by Gasteiger charge is 2.18. The van der Waals surface area contributed by atoms with Gasteiger partial charge >= 0.3 is 11.6 Å². The molecular weight excluding hydrogens is 340 g/mol. The molecule has 1 N–H and O–H groups in total. The summed E-state index contributed by atoms with van der Waals surface area (Å²) in [6, 6.07) is 4.58. The Morgan fingerprint density at radius 1 is 1.43 bits per heavy atom. The summed E-state index contributed by atoms with van der Waals surface area (Å²) in [7, 11) is 0. The van der Waals surface area contributed by atoms with Crippen LogP contribution in [0.25, 0.3) is 0 Å². The number of nitrogens with zero attached hydrogens (tertiary/aromatic N) is 3. The predicted molar refractivity (Wildman–Crippen MR) is 81.7 cm³/mol. The van der Waals surface area contributed by atoms with Gasteiger partial charge in [0.15, 0.2) is 0 Å². The standard InChI is InChI=1S/C13H13BrN4O3/c1-2-5-16-12-4-3-11(18(19)20)13(17-12)21-10-6-9(14)7-15-8-10/h3-4,6-8H,2,5H2,1H3,(H,16,17). The van der Waals surface area contributed by atoms with Crippen LogP contribution < -0.4 is 10.1 Å². The summed E-state index contributed by atoms with van der Waals surface area (Å²) >= 11 is 3.26. The molecule has 0 bridgehead atoms. The van der Waals surface area contributed by atoms with Crippen molar-refractivity contribution >= 4 is 27.4 Å². The van der Waals surface area contributed by atoms with Crippen LogP contribution in [0.1, 0.15) is 13.3 Å². The van der Waals surface area contributed by atoms with Crippen molar-refractivity contribution in [3.63, 3.8) is 0 Å². The summed E-state index contributed by atoms with van der Waals surface area (Å²) in [4.78, 5) is 18.6. The van der Waals surface area contributed by atoms with Gasteiger partial charge in [-0.15, -0.1) is 0 Å². The topological polar surface area (TPSA) is 90.2 Å². The van der Waals surface area contributed by atoms with Crippen LogP contribution in [0.15, 0.2) is 35.1 Å². The van der Waals surface area contributed by atoms with E-state index in [4.69, 9.17) is 4.74 Å². The van der Waals surface area contributed by atoms with Gasteiger partial charge in [0.2, 0.25) is 0 Å². The first-order chi connectivity index (χ1) is 10.1. The molecule has 0 aliphatic heterocycles. The Hall–Kier alpha value is -2.22. The molecule has 2 rings (SSSR count). The van der Waals surface area contributed by atoms with Crippen LogP contribution >= 0.6 is 15.9 Å². The SMILES string of the molecule is CCCNc1ccc([N+](=O)[O-])c(Oc2cncc(Br)c2)n1. The second-order valence-corrected chi connectivity index (χ2v) is 5.06. The Morgan fingerprint density at radius 2 is 2.24 bits per heavy atom. The minimum Gasteiger partial charge on any atom is -0.432 e. The van der Waals surface area contributed by atoms with Crippen molar-refractivity contribution in [1.82, 2.24) is 9.97 Å². The van der Waals surface area contributed by atoms with E-state index in [9.17, 15) is 10.1 Å². The van der Waals surface area contributed by atoms with Crippen LogP contribution in [0, 0.1) is 10.1 Å². The fourth-order valence-electron chi connectivity index (χ4n) is 1.56. The van der Waals surface area contributed by atoms with Gasteiger partial charge in [-0.3, -0.25) is 15.1 Å². The maximum Gasteiger partial charge on any atom is 0.331 e. The second-order valence-electron chi connectivity index (χ2n) is 4.15. The van der Waals surface area contributed by atoms with Gasteiger partial charge < -0.3 is 10.1 Å². The third-order valence-corrected chi connectivity index (χ3v) is 2.92. The highest BCUT2D eigenvalue weighted by Crippen LogP contribution is 2.31. The van der Waals surface area contributed by atoms with Gasteiger partial charge in [0.25, 0.3) is 0 Å². The molecule has 0 aliphatic rings. The van der Waals surface area contributed by atoms with Gasteiger partial charge in [0.1, 0.15) is 11.6 Å². The van der Waals surface area contributed by atoms with Gasteiger partial charge in [-0.25, -0.2) is 0 Å². The van der Waals surface area contributed by atoms with E-state index in [2.05, 4.69) is 31.2 Å². The van der Waals surface area contributed by atoms with Crippen LogP contribution in [0.3, 0.4) is 0 Å². The lowest BCUT2D eigenvalue weighted by Gasteiger charge is -2.08. The number of aromatic nitrogens is 2. The van der Waals surface area contributed by atoms with E-state index in [0.29, 0.717) is 16.0 Å². The molecule has 2 heterocycles. The first-order valence-electron chi connectivity index (χ1n) is 6.28. The van der Waals surface area contributed by atoms with Crippen molar-refractivity contribution in [3.05, 3.63) is 45.2 Å². The zero-order valence-corrected chi connectivity index (χ0v) is 12.8. The molecule has 0 fully saturated rings. The number of pyridine rings is 2. The Balaban J connectivity index is 2.31. The van der Waals surface area contributed by atoms with E-state index in [1.807, 2.05) is 6.92 Å². The Labute approximate surface area is 129 Å². The number of ether oxygens (including phenoxy) is 1. The molecule has 0 aromatic carbocycles. The van der Waals surface area contributed by atoms with E-state index in [1.54, 1.807) is 18.3 Å². The lowest BCUT2D eigenvalue weighted by molar-refractivity contribution is -0.386. The van der Waals surface area contributed by atoms with Gasteiger partial charge in [0.05, 0.1) is 11.1 Å².